The maximum Gasteiger partial charge on any atom is 0.376 e. The summed E-state index contributed by atoms with van der Waals surface area (Å²) in [5.41, 5.74) is 0.361. The van der Waals surface area contributed by atoms with Crippen LogP contribution in [0.5, 0.6) is 11.5 Å². The van der Waals surface area contributed by atoms with E-state index in [1.165, 1.54) is 6.07 Å². The molecule has 0 saturated heterocycles. The predicted octanol–water partition coefficient (Wildman–Crippen LogP) is 1.83. The zero-order valence-electron chi connectivity index (χ0n) is 12.2. The summed E-state index contributed by atoms with van der Waals surface area (Å²) in [7, 11) is 1.10. The molecule has 0 saturated carbocycles. The number of methoxy groups -OCH3 is 1. The lowest BCUT2D eigenvalue weighted by molar-refractivity contribution is -0.151. The molecular weight excluding hydrogens is 274 g/mol. The second kappa shape index (κ2) is 7.90. The molecule has 0 heterocycles. The van der Waals surface area contributed by atoms with Gasteiger partial charge < -0.3 is 14.2 Å². The molecule has 6 nitrogen and oxygen atoms in total. The molecule has 0 aromatic heterocycles. The summed E-state index contributed by atoms with van der Waals surface area (Å²) in [5, 5.41) is 9.14. The smallest absolute Gasteiger partial charge is 0.376 e. The third kappa shape index (κ3) is 3.96. The largest absolute Gasteiger partial charge is 0.490 e. The summed E-state index contributed by atoms with van der Waals surface area (Å²) in [6.07, 6.45) is 0. The Bertz CT molecular complexity index is 562. The van der Waals surface area contributed by atoms with Gasteiger partial charge in [-0.05, 0) is 31.5 Å². The number of nitriles is 1. The van der Waals surface area contributed by atoms with Gasteiger partial charge in [-0.15, -0.1) is 0 Å². The summed E-state index contributed by atoms with van der Waals surface area (Å²) in [6, 6.07) is 6.51. The van der Waals surface area contributed by atoms with E-state index in [9.17, 15) is 9.59 Å². The van der Waals surface area contributed by atoms with Crippen molar-refractivity contribution in [1.82, 2.24) is 0 Å². The van der Waals surface area contributed by atoms with Gasteiger partial charge in [0.15, 0.2) is 11.5 Å². The van der Waals surface area contributed by atoms with Gasteiger partial charge in [0, 0.05) is 0 Å². The molecule has 1 aromatic carbocycles. The van der Waals surface area contributed by atoms with Gasteiger partial charge in [-0.2, -0.15) is 5.26 Å². The number of carbonyl (C=O) groups is 2. The van der Waals surface area contributed by atoms with Crippen LogP contribution >= 0.6 is 0 Å². The first-order chi connectivity index (χ1) is 10.1. The van der Waals surface area contributed by atoms with Gasteiger partial charge in [-0.3, -0.25) is 4.79 Å². The average molecular weight is 291 g/mol. The zero-order valence-corrected chi connectivity index (χ0v) is 12.2. The number of Topliss-reactive ketones (excluding diaryl/α,β-unsaturated/α-hetero) is 1. The van der Waals surface area contributed by atoms with Crippen LogP contribution in [-0.4, -0.2) is 32.1 Å². The van der Waals surface area contributed by atoms with E-state index in [4.69, 9.17) is 14.7 Å². The number of ketones is 1. The molecule has 0 spiro atoms. The molecule has 0 fully saturated rings. The summed E-state index contributed by atoms with van der Waals surface area (Å²) in [5.74, 6) is -2.24. The number of carbonyl (C=O) groups excluding carboxylic acids is 2. The molecule has 0 N–H and O–H groups in total. The fourth-order valence-corrected chi connectivity index (χ4v) is 1.75. The van der Waals surface area contributed by atoms with Gasteiger partial charge >= 0.3 is 5.97 Å². The highest BCUT2D eigenvalue weighted by Crippen LogP contribution is 2.31. The van der Waals surface area contributed by atoms with Crippen molar-refractivity contribution in [2.45, 2.75) is 19.8 Å². The minimum Gasteiger partial charge on any atom is -0.490 e. The Kier molecular flexibility index (Phi) is 6.21. The Morgan fingerprint density at radius 2 is 1.81 bits per heavy atom. The number of esters is 1. The van der Waals surface area contributed by atoms with E-state index < -0.39 is 17.7 Å². The minimum atomic E-state index is -1.23. The van der Waals surface area contributed by atoms with Gasteiger partial charge in [-0.25, -0.2) is 4.79 Å². The summed E-state index contributed by atoms with van der Waals surface area (Å²) >= 11 is 0. The molecule has 0 aliphatic heterocycles. The highest BCUT2D eigenvalue weighted by molar-refractivity contribution is 6.36. The average Bonchev–Trinajstić information content (AvgIpc) is 2.49. The van der Waals surface area contributed by atoms with Crippen molar-refractivity contribution in [3.63, 3.8) is 0 Å². The van der Waals surface area contributed by atoms with Crippen LogP contribution < -0.4 is 9.47 Å². The van der Waals surface area contributed by atoms with E-state index in [1.807, 2.05) is 19.9 Å². The third-order valence-electron chi connectivity index (χ3n) is 2.68. The zero-order chi connectivity index (χ0) is 15.8. The molecule has 1 rings (SSSR count). The van der Waals surface area contributed by atoms with E-state index in [0.717, 1.165) is 7.11 Å². The van der Waals surface area contributed by atoms with Crippen LogP contribution in [0.3, 0.4) is 0 Å². The second-order valence-corrected chi connectivity index (χ2v) is 3.99. The van der Waals surface area contributed by atoms with E-state index in [2.05, 4.69) is 4.74 Å². The summed E-state index contributed by atoms with van der Waals surface area (Å²) in [4.78, 5) is 23.1. The minimum absolute atomic E-state index is 0.361. The Hall–Kier alpha value is -2.55. The first kappa shape index (κ1) is 16.5. The lowest BCUT2D eigenvalue weighted by atomic mass is 9.95. The fraction of sp³-hybridized carbons (Fsp3) is 0.400. The number of rotatable bonds is 7. The molecule has 0 bridgehead atoms. The van der Waals surface area contributed by atoms with Crippen LogP contribution in [0.1, 0.15) is 25.3 Å². The fourth-order valence-electron chi connectivity index (χ4n) is 1.75. The molecule has 21 heavy (non-hydrogen) atoms. The molecular formula is C15H17NO5. The standard InChI is InChI=1S/C15H17NO5/c1-4-20-12-7-6-10(8-13(12)21-5-2)11(9-16)14(17)15(18)19-3/h6-8,11H,4-5H2,1-3H3. The monoisotopic (exact) mass is 291 g/mol. The van der Waals surface area contributed by atoms with E-state index in [0.29, 0.717) is 30.3 Å². The Labute approximate surface area is 123 Å². The third-order valence-corrected chi connectivity index (χ3v) is 2.68. The van der Waals surface area contributed by atoms with Crippen molar-refractivity contribution in [2.75, 3.05) is 20.3 Å². The van der Waals surface area contributed by atoms with Crippen molar-refractivity contribution >= 4 is 11.8 Å². The molecule has 0 aliphatic rings. The Morgan fingerprint density at radius 1 is 1.19 bits per heavy atom. The second-order valence-electron chi connectivity index (χ2n) is 3.99. The molecule has 0 radical (unpaired) electrons. The molecule has 1 aromatic rings. The predicted molar refractivity (Wildman–Crippen MR) is 74.2 cm³/mol. The van der Waals surface area contributed by atoms with E-state index >= 15 is 0 Å². The van der Waals surface area contributed by atoms with E-state index in [1.54, 1.807) is 12.1 Å². The van der Waals surface area contributed by atoms with Crippen molar-refractivity contribution in [3.05, 3.63) is 23.8 Å². The lowest BCUT2D eigenvalue weighted by Gasteiger charge is -2.14. The molecule has 0 aliphatic carbocycles. The lowest BCUT2D eigenvalue weighted by Crippen LogP contribution is -2.22. The molecule has 1 atom stereocenters. The van der Waals surface area contributed by atoms with Crippen LogP contribution in [0, 0.1) is 11.3 Å². The first-order valence-electron chi connectivity index (χ1n) is 6.50. The molecule has 1 unspecified atom stereocenters. The van der Waals surface area contributed by atoms with Gasteiger partial charge in [0.1, 0.15) is 5.92 Å². The molecule has 112 valence electrons. The number of nitrogens with zero attached hydrogens (tertiary/aromatic N) is 1. The number of hydrogen-bond donors (Lipinski definition) is 0. The van der Waals surface area contributed by atoms with Crippen LogP contribution in [0.4, 0.5) is 0 Å². The topological polar surface area (TPSA) is 85.6 Å². The van der Waals surface area contributed by atoms with Crippen LogP contribution in [-0.2, 0) is 14.3 Å². The molecule has 6 heteroatoms. The van der Waals surface area contributed by atoms with E-state index in [-0.39, 0.29) is 0 Å². The molecule has 0 amide bonds. The summed E-state index contributed by atoms with van der Waals surface area (Å²) in [6.45, 7) is 4.51. The maximum absolute atomic E-state index is 11.8. The SMILES string of the molecule is CCOc1ccc(C(C#N)C(=O)C(=O)OC)cc1OCC. The number of hydrogen-bond acceptors (Lipinski definition) is 6. The quantitative estimate of drug-likeness (QED) is 0.563. The number of benzene rings is 1. The van der Waals surface area contributed by atoms with Crippen LogP contribution in [0.15, 0.2) is 18.2 Å². The van der Waals surface area contributed by atoms with Gasteiger partial charge in [-0.1, -0.05) is 6.07 Å². The highest BCUT2D eigenvalue weighted by Gasteiger charge is 2.28. The van der Waals surface area contributed by atoms with Crippen LogP contribution in [0.25, 0.3) is 0 Å². The maximum atomic E-state index is 11.8. The van der Waals surface area contributed by atoms with Crippen LogP contribution in [0.2, 0.25) is 0 Å². The van der Waals surface area contributed by atoms with Gasteiger partial charge in [0.25, 0.3) is 5.78 Å². The van der Waals surface area contributed by atoms with Crippen molar-refractivity contribution in [2.24, 2.45) is 0 Å². The number of ether oxygens (including phenoxy) is 3. The van der Waals surface area contributed by atoms with Gasteiger partial charge in [0.05, 0.1) is 26.4 Å². The first-order valence-corrected chi connectivity index (χ1v) is 6.50. The van der Waals surface area contributed by atoms with Gasteiger partial charge in [0.2, 0.25) is 0 Å². The van der Waals surface area contributed by atoms with Crippen molar-refractivity contribution in [1.29, 1.82) is 5.26 Å². The highest BCUT2D eigenvalue weighted by atomic mass is 16.5. The Balaban J connectivity index is 3.17. The normalized spacial score (nSPS) is 11.1. The van der Waals surface area contributed by atoms with Crippen molar-refractivity contribution < 1.29 is 23.8 Å². The summed E-state index contributed by atoms with van der Waals surface area (Å²) < 4.78 is 15.2. The Morgan fingerprint density at radius 3 is 2.33 bits per heavy atom. The van der Waals surface area contributed by atoms with Crippen molar-refractivity contribution in [3.8, 4) is 17.6 Å².